The Bertz CT molecular complexity index is 550. The van der Waals surface area contributed by atoms with E-state index in [1.54, 1.807) is 30.3 Å². The van der Waals surface area contributed by atoms with Crippen LogP contribution in [0.25, 0.3) is 10.2 Å². The predicted molar refractivity (Wildman–Crippen MR) is 74.7 cm³/mol. The number of likely N-dealkylation sites (N-methyl/N-ethyl adjacent to an activating group) is 1. The molecule has 1 amide bonds. The topological polar surface area (TPSA) is 45.2 Å². The summed E-state index contributed by atoms with van der Waals surface area (Å²) in [6.45, 7) is 2.38. The molecule has 2 aromatic rings. The summed E-state index contributed by atoms with van der Waals surface area (Å²) in [6.07, 6.45) is 1.87. The average molecular weight is 263 g/mol. The third-order valence-corrected chi connectivity index (χ3v) is 3.74. The Morgan fingerprint density at radius 3 is 3.06 bits per heavy atom. The Morgan fingerprint density at radius 1 is 1.56 bits per heavy atom. The lowest BCUT2D eigenvalue weighted by Gasteiger charge is -2.16. The van der Waals surface area contributed by atoms with Crippen LogP contribution in [0, 0.1) is 0 Å². The number of fused-ring (bicyclic) bond motifs is 1. The first-order valence-corrected chi connectivity index (χ1v) is 6.72. The quantitative estimate of drug-likeness (QED) is 0.918. The second-order valence-electron chi connectivity index (χ2n) is 4.46. The standard InChI is InChI=1S/C13H17N3OS/c1-9(14-8-13(17)16(2)3)10-6-12-11(15-7-10)4-5-18-12/h4-7,9,14H,8H2,1-3H3. The van der Waals surface area contributed by atoms with E-state index in [2.05, 4.69) is 16.4 Å². The number of hydrogen-bond donors (Lipinski definition) is 1. The van der Waals surface area contributed by atoms with Crippen LogP contribution in [0.3, 0.4) is 0 Å². The summed E-state index contributed by atoms with van der Waals surface area (Å²) < 4.78 is 1.18. The van der Waals surface area contributed by atoms with E-state index >= 15 is 0 Å². The molecule has 0 bridgehead atoms. The lowest BCUT2D eigenvalue weighted by Crippen LogP contribution is -2.34. The van der Waals surface area contributed by atoms with Crippen molar-refractivity contribution in [3.05, 3.63) is 29.3 Å². The molecule has 0 radical (unpaired) electrons. The Hall–Kier alpha value is -1.46. The lowest BCUT2D eigenvalue weighted by molar-refractivity contribution is -0.127. The molecule has 0 fully saturated rings. The summed E-state index contributed by atoms with van der Waals surface area (Å²) in [5.41, 5.74) is 2.14. The molecule has 96 valence electrons. The van der Waals surface area contributed by atoms with Crippen LogP contribution in [0.1, 0.15) is 18.5 Å². The van der Waals surface area contributed by atoms with Crippen molar-refractivity contribution in [1.29, 1.82) is 0 Å². The number of pyridine rings is 1. The number of carbonyl (C=O) groups excluding carboxylic acids is 1. The van der Waals surface area contributed by atoms with Gasteiger partial charge in [-0.2, -0.15) is 0 Å². The molecule has 0 aromatic carbocycles. The molecule has 1 N–H and O–H groups in total. The number of aromatic nitrogens is 1. The number of hydrogen-bond acceptors (Lipinski definition) is 4. The molecule has 2 rings (SSSR count). The zero-order valence-electron chi connectivity index (χ0n) is 10.8. The average Bonchev–Trinajstić information content (AvgIpc) is 2.82. The van der Waals surface area contributed by atoms with Crippen LogP contribution >= 0.6 is 11.3 Å². The number of carbonyl (C=O) groups is 1. The molecule has 1 atom stereocenters. The number of thiophene rings is 1. The summed E-state index contributed by atoms with van der Waals surface area (Å²) in [5, 5.41) is 5.25. The van der Waals surface area contributed by atoms with E-state index < -0.39 is 0 Å². The van der Waals surface area contributed by atoms with E-state index in [0.717, 1.165) is 11.1 Å². The minimum atomic E-state index is 0.0759. The van der Waals surface area contributed by atoms with Crippen LogP contribution in [0.4, 0.5) is 0 Å². The maximum atomic E-state index is 11.5. The van der Waals surface area contributed by atoms with Gasteiger partial charge in [-0.3, -0.25) is 9.78 Å². The van der Waals surface area contributed by atoms with E-state index in [4.69, 9.17) is 0 Å². The number of nitrogens with one attached hydrogen (secondary N) is 1. The second-order valence-corrected chi connectivity index (χ2v) is 5.41. The molecule has 0 saturated carbocycles. The molecular weight excluding hydrogens is 246 g/mol. The zero-order valence-corrected chi connectivity index (χ0v) is 11.6. The Balaban J connectivity index is 2.04. The predicted octanol–water partition coefficient (Wildman–Crippen LogP) is 2.04. The van der Waals surface area contributed by atoms with Gasteiger partial charge in [0.25, 0.3) is 0 Å². The number of rotatable bonds is 4. The van der Waals surface area contributed by atoms with Gasteiger partial charge in [-0.05, 0) is 30.0 Å². The van der Waals surface area contributed by atoms with Gasteiger partial charge in [-0.1, -0.05) is 0 Å². The molecule has 0 aliphatic heterocycles. The van der Waals surface area contributed by atoms with Gasteiger partial charge >= 0.3 is 0 Å². The Morgan fingerprint density at radius 2 is 2.33 bits per heavy atom. The van der Waals surface area contributed by atoms with Gasteiger partial charge in [0.2, 0.25) is 5.91 Å². The number of amides is 1. The molecule has 0 spiro atoms. The van der Waals surface area contributed by atoms with Crippen molar-refractivity contribution in [2.24, 2.45) is 0 Å². The molecular formula is C13H17N3OS. The van der Waals surface area contributed by atoms with Crippen molar-refractivity contribution in [3.63, 3.8) is 0 Å². The third-order valence-electron chi connectivity index (χ3n) is 2.88. The van der Waals surface area contributed by atoms with E-state index in [1.165, 1.54) is 4.70 Å². The molecule has 0 aliphatic carbocycles. The van der Waals surface area contributed by atoms with Crippen molar-refractivity contribution in [2.75, 3.05) is 20.6 Å². The maximum Gasteiger partial charge on any atom is 0.236 e. The zero-order chi connectivity index (χ0) is 13.1. The van der Waals surface area contributed by atoms with Crippen molar-refractivity contribution < 1.29 is 4.79 Å². The molecule has 2 heterocycles. The fourth-order valence-electron chi connectivity index (χ4n) is 1.61. The summed E-state index contributed by atoms with van der Waals surface area (Å²) in [7, 11) is 3.52. The minimum Gasteiger partial charge on any atom is -0.348 e. The molecule has 1 unspecified atom stereocenters. The smallest absolute Gasteiger partial charge is 0.236 e. The first kappa shape index (κ1) is 13.0. The van der Waals surface area contributed by atoms with Gasteiger partial charge in [0.05, 0.1) is 16.8 Å². The first-order valence-electron chi connectivity index (χ1n) is 5.84. The molecule has 4 nitrogen and oxygen atoms in total. The normalized spacial score (nSPS) is 12.6. The highest BCUT2D eigenvalue weighted by Crippen LogP contribution is 2.22. The van der Waals surface area contributed by atoms with Gasteiger partial charge < -0.3 is 10.2 Å². The Labute approximate surface area is 111 Å². The minimum absolute atomic E-state index is 0.0759. The van der Waals surface area contributed by atoms with Crippen molar-refractivity contribution in [1.82, 2.24) is 15.2 Å². The van der Waals surface area contributed by atoms with Crippen LogP contribution in [-0.2, 0) is 4.79 Å². The molecule has 2 aromatic heterocycles. The fourth-order valence-corrected chi connectivity index (χ4v) is 2.40. The maximum absolute atomic E-state index is 11.5. The van der Waals surface area contributed by atoms with Crippen molar-refractivity contribution >= 4 is 27.5 Å². The van der Waals surface area contributed by atoms with Crippen LogP contribution in [0.15, 0.2) is 23.7 Å². The van der Waals surface area contributed by atoms with Gasteiger partial charge in [0.1, 0.15) is 0 Å². The van der Waals surface area contributed by atoms with E-state index in [0.29, 0.717) is 6.54 Å². The summed E-state index contributed by atoms with van der Waals surface area (Å²) in [6, 6.07) is 4.26. The Kier molecular flexibility index (Phi) is 3.93. The summed E-state index contributed by atoms with van der Waals surface area (Å²) in [4.78, 5) is 17.5. The SMILES string of the molecule is CC(NCC(=O)N(C)C)c1cnc2ccsc2c1. The molecule has 0 saturated heterocycles. The van der Waals surface area contributed by atoms with Crippen molar-refractivity contribution in [3.8, 4) is 0 Å². The van der Waals surface area contributed by atoms with E-state index in [-0.39, 0.29) is 11.9 Å². The van der Waals surface area contributed by atoms with Crippen LogP contribution in [0.5, 0.6) is 0 Å². The lowest BCUT2D eigenvalue weighted by atomic mass is 10.1. The van der Waals surface area contributed by atoms with Gasteiger partial charge in [-0.25, -0.2) is 0 Å². The monoisotopic (exact) mass is 263 g/mol. The highest BCUT2D eigenvalue weighted by Gasteiger charge is 2.10. The fraction of sp³-hybridized carbons (Fsp3) is 0.385. The number of nitrogens with zero attached hydrogens (tertiary/aromatic N) is 2. The van der Waals surface area contributed by atoms with Crippen LogP contribution < -0.4 is 5.32 Å². The van der Waals surface area contributed by atoms with Gasteiger partial charge in [0, 0.05) is 26.3 Å². The van der Waals surface area contributed by atoms with Crippen LogP contribution in [-0.4, -0.2) is 36.4 Å². The molecule has 5 heteroatoms. The molecule has 0 aliphatic rings. The van der Waals surface area contributed by atoms with Gasteiger partial charge in [0.15, 0.2) is 0 Å². The molecule has 18 heavy (non-hydrogen) atoms. The third kappa shape index (κ3) is 2.86. The van der Waals surface area contributed by atoms with E-state index in [1.807, 2.05) is 24.6 Å². The largest absolute Gasteiger partial charge is 0.348 e. The highest BCUT2D eigenvalue weighted by molar-refractivity contribution is 7.17. The summed E-state index contributed by atoms with van der Waals surface area (Å²) in [5.74, 6) is 0.0759. The highest BCUT2D eigenvalue weighted by atomic mass is 32.1. The second kappa shape index (κ2) is 5.46. The van der Waals surface area contributed by atoms with E-state index in [9.17, 15) is 4.79 Å². The van der Waals surface area contributed by atoms with Crippen LogP contribution in [0.2, 0.25) is 0 Å². The van der Waals surface area contributed by atoms with Gasteiger partial charge in [-0.15, -0.1) is 11.3 Å². The first-order chi connectivity index (χ1) is 8.58. The summed E-state index contributed by atoms with van der Waals surface area (Å²) >= 11 is 1.68. The van der Waals surface area contributed by atoms with Crippen molar-refractivity contribution in [2.45, 2.75) is 13.0 Å².